The highest BCUT2D eigenvalue weighted by molar-refractivity contribution is 9.11. The summed E-state index contributed by atoms with van der Waals surface area (Å²) in [5.41, 5.74) is 21.2. The lowest BCUT2D eigenvalue weighted by Crippen LogP contribution is -2.16. The first-order valence-corrected chi connectivity index (χ1v) is 28.6. The van der Waals surface area contributed by atoms with E-state index in [0.29, 0.717) is 0 Å². The van der Waals surface area contributed by atoms with Gasteiger partial charge in [-0.25, -0.2) is 0 Å². The maximum Gasteiger partial charge on any atom is 0.0189 e. The number of halogens is 3. The Bertz CT molecular complexity index is 2740. The van der Waals surface area contributed by atoms with E-state index in [4.69, 9.17) is 0 Å². The molecule has 6 aromatic carbocycles. The minimum Gasteiger partial charge on any atom is -0.0561 e. The minimum absolute atomic E-state index is 0.0537. The molecule has 0 spiro atoms. The SMILES string of the molecule is CC(C)(C)c1cc(Br)cc(-c2cc(-c3cc(C(C)(C)C)cc(C(C)(C)C)c3)cc(C(C)(C)C)c2)c1.CC(C)(C)c1cc(Br)cc(Br)c1.Cc1cc(-c2cc(C(C)(C)C)cc(C(C)(C)C)c2)cc(C(C)(C)C)c1. The van der Waals surface area contributed by atoms with Crippen molar-refractivity contribution in [3.05, 3.63) is 173 Å². The van der Waals surface area contributed by atoms with Crippen LogP contribution in [-0.4, -0.2) is 0 Å². The number of hydrogen-bond acceptors (Lipinski definition) is 0. The van der Waals surface area contributed by atoms with Crippen LogP contribution >= 0.6 is 47.8 Å². The summed E-state index contributed by atoms with van der Waals surface area (Å²) in [4.78, 5) is 0. The first-order valence-electron chi connectivity index (χ1n) is 26.2. The first kappa shape index (κ1) is 61.3. The molecule has 0 atom stereocenters. The van der Waals surface area contributed by atoms with Gasteiger partial charge < -0.3 is 0 Å². The van der Waals surface area contributed by atoms with Crippen molar-refractivity contribution in [2.45, 2.75) is 216 Å². The number of benzene rings is 6. The van der Waals surface area contributed by atoms with E-state index >= 15 is 0 Å². The first-order chi connectivity index (χ1) is 32.3. The number of hydrogen-bond donors (Lipinski definition) is 0. The average molecular weight is 1160 g/mol. The molecule has 0 bridgehead atoms. The van der Waals surface area contributed by atoms with Crippen molar-refractivity contribution >= 4 is 47.8 Å². The highest BCUT2D eigenvalue weighted by Gasteiger charge is 2.25. The van der Waals surface area contributed by atoms with Gasteiger partial charge in [0.15, 0.2) is 0 Å². The van der Waals surface area contributed by atoms with Crippen molar-refractivity contribution in [1.82, 2.24) is 0 Å². The van der Waals surface area contributed by atoms with E-state index in [0.717, 1.165) is 13.4 Å². The van der Waals surface area contributed by atoms with E-state index in [-0.39, 0.29) is 43.3 Å². The molecular formula is C69H93Br3. The predicted octanol–water partition coefficient (Wildman–Crippen LogP) is 23.0. The molecule has 72 heavy (non-hydrogen) atoms. The molecule has 6 rings (SSSR count). The molecule has 0 aromatic heterocycles. The molecule has 0 aliphatic heterocycles. The monoisotopic (exact) mass is 1160 g/mol. The van der Waals surface area contributed by atoms with Gasteiger partial charge in [0.25, 0.3) is 0 Å². The average Bonchev–Trinajstić information content (AvgIpc) is 3.20. The largest absolute Gasteiger partial charge is 0.0561 e. The zero-order valence-electron chi connectivity index (χ0n) is 49.5. The van der Waals surface area contributed by atoms with Crippen LogP contribution in [0.5, 0.6) is 0 Å². The summed E-state index contributed by atoms with van der Waals surface area (Å²) in [6.45, 7) is 57.1. The highest BCUT2D eigenvalue weighted by atomic mass is 79.9. The molecule has 0 saturated carbocycles. The van der Waals surface area contributed by atoms with Crippen LogP contribution in [0.4, 0.5) is 0 Å². The summed E-state index contributed by atoms with van der Waals surface area (Å²) in [6.07, 6.45) is 0. The predicted molar refractivity (Wildman–Crippen MR) is 333 cm³/mol. The fourth-order valence-electron chi connectivity index (χ4n) is 8.27. The third kappa shape index (κ3) is 17.4. The fourth-order valence-corrected chi connectivity index (χ4v) is 10.1. The molecule has 6 aromatic rings. The zero-order valence-corrected chi connectivity index (χ0v) is 54.3. The molecule has 0 heterocycles. The Morgan fingerprint density at radius 3 is 0.653 bits per heavy atom. The second-order valence-electron chi connectivity index (χ2n) is 28.9. The normalized spacial score (nSPS) is 13.0. The zero-order chi connectivity index (χ0) is 55.1. The molecule has 3 heteroatoms. The Morgan fingerprint density at radius 2 is 0.375 bits per heavy atom. The molecule has 390 valence electrons. The maximum absolute atomic E-state index is 3.79. The molecule has 0 unspecified atom stereocenters. The minimum atomic E-state index is 0.0537. The molecule has 0 radical (unpaired) electrons. The number of rotatable bonds is 3. The standard InChI is InChI=1S/C34H45Br.C25H36.C10H12Br2/c1-31(2,3)26-14-22(24-16-27(32(4,5)6)20-28(17-24)33(7,8)9)13-23(15-26)25-18-29(34(10,11)12)21-30(35)19-25;1-17-11-18(13-20(12-17)23(2,3)4)19-14-21(24(5,6)7)16-22(15-19)25(8,9)10;1-10(2,3)7-4-8(11)6-9(12)5-7/h13-21H,1-12H3;11-16H,1-10H3;4-6H,1-3H3. The van der Waals surface area contributed by atoms with E-state index in [2.05, 4.69) is 330 Å². The van der Waals surface area contributed by atoms with Gasteiger partial charge in [-0.05, 0) is 165 Å². The number of aryl methyl sites for hydroxylation is 1. The lowest BCUT2D eigenvalue weighted by atomic mass is 9.78. The van der Waals surface area contributed by atoms with Crippen molar-refractivity contribution in [3.63, 3.8) is 0 Å². The van der Waals surface area contributed by atoms with E-state index < -0.39 is 0 Å². The highest BCUT2D eigenvalue weighted by Crippen LogP contribution is 2.41. The van der Waals surface area contributed by atoms with Gasteiger partial charge in [-0.1, -0.05) is 292 Å². The molecule has 0 saturated heterocycles. The van der Waals surface area contributed by atoms with E-state index in [1.165, 1.54) is 83.5 Å². The van der Waals surface area contributed by atoms with Crippen molar-refractivity contribution in [2.75, 3.05) is 0 Å². The van der Waals surface area contributed by atoms with Gasteiger partial charge in [-0.3, -0.25) is 0 Å². The maximum atomic E-state index is 3.79. The van der Waals surface area contributed by atoms with Gasteiger partial charge in [0.1, 0.15) is 0 Å². The summed E-state index contributed by atoms with van der Waals surface area (Å²) in [7, 11) is 0. The Kier molecular flexibility index (Phi) is 18.9. The van der Waals surface area contributed by atoms with Crippen LogP contribution in [0, 0.1) is 6.92 Å². The van der Waals surface area contributed by atoms with Gasteiger partial charge in [-0.15, -0.1) is 0 Å². The van der Waals surface area contributed by atoms with Crippen molar-refractivity contribution in [3.8, 4) is 33.4 Å². The lowest BCUT2D eigenvalue weighted by Gasteiger charge is -2.27. The fraction of sp³-hybridized carbons (Fsp3) is 0.478. The molecule has 0 N–H and O–H groups in total. The van der Waals surface area contributed by atoms with E-state index in [9.17, 15) is 0 Å². The Balaban J connectivity index is 0.000000263. The van der Waals surface area contributed by atoms with Crippen molar-refractivity contribution < 1.29 is 0 Å². The van der Waals surface area contributed by atoms with Gasteiger partial charge >= 0.3 is 0 Å². The topological polar surface area (TPSA) is 0 Å². The molecule has 0 nitrogen and oxygen atoms in total. The van der Waals surface area contributed by atoms with Crippen LogP contribution in [0.2, 0.25) is 0 Å². The van der Waals surface area contributed by atoms with Crippen LogP contribution in [0.1, 0.15) is 216 Å². The molecular weight excluding hydrogens is 1070 g/mol. The van der Waals surface area contributed by atoms with Crippen molar-refractivity contribution in [1.29, 1.82) is 0 Å². The third-order valence-electron chi connectivity index (χ3n) is 13.6. The van der Waals surface area contributed by atoms with Crippen LogP contribution in [-0.2, 0) is 43.3 Å². The van der Waals surface area contributed by atoms with Gasteiger partial charge in [0, 0.05) is 13.4 Å². The third-order valence-corrected chi connectivity index (χ3v) is 14.9. The second kappa shape index (κ2) is 22.2. The molecule has 0 amide bonds. The summed E-state index contributed by atoms with van der Waals surface area (Å²) in [5, 5.41) is 0. The molecule has 0 aliphatic carbocycles. The Labute approximate surface area is 466 Å². The quantitative estimate of drug-likeness (QED) is 0.166. The van der Waals surface area contributed by atoms with Crippen LogP contribution in [0.15, 0.2) is 123 Å². The Morgan fingerprint density at radius 1 is 0.194 bits per heavy atom. The van der Waals surface area contributed by atoms with E-state index in [1.807, 2.05) is 0 Å². The summed E-state index contributed by atoms with van der Waals surface area (Å²) >= 11 is 10.7. The molecule has 0 aliphatic rings. The smallest absolute Gasteiger partial charge is 0.0189 e. The molecule has 0 fully saturated rings. The Hall–Kier alpha value is -3.24. The lowest BCUT2D eigenvalue weighted by molar-refractivity contribution is 0.568. The van der Waals surface area contributed by atoms with Gasteiger partial charge in [0.2, 0.25) is 0 Å². The van der Waals surface area contributed by atoms with E-state index in [1.54, 1.807) is 0 Å². The summed E-state index contributed by atoms with van der Waals surface area (Å²) < 4.78 is 3.39. The van der Waals surface area contributed by atoms with Crippen molar-refractivity contribution in [2.24, 2.45) is 0 Å². The van der Waals surface area contributed by atoms with Crippen LogP contribution < -0.4 is 0 Å². The van der Waals surface area contributed by atoms with Crippen LogP contribution in [0.3, 0.4) is 0 Å². The van der Waals surface area contributed by atoms with Gasteiger partial charge in [-0.2, -0.15) is 0 Å². The van der Waals surface area contributed by atoms with Gasteiger partial charge in [0.05, 0.1) is 0 Å². The van der Waals surface area contributed by atoms with Crippen LogP contribution in [0.25, 0.3) is 33.4 Å². The second-order valence-corrected chi connectivity index (χ2v) is 31.6. The summed E-state index contributed by atoms with van der Waals surface area (Å²) in [6, 6.07) is 41.8. The summed E-state index contributed by atoms with van der Waals surface area (Å²) in [5.74, 6) is 0.